The van der Waals surface area contributed by atoms with Crippen molar-refractivity contribution in [2.75, 3.05) is 13.2 Å². The number of nitrogens with one attached hydrogen (secondary N) is 1. The monoisotopic (exact) mass is 292 g/mol. The average molecular weight is 292 g/mol. The van der Waals surface area contributed by atoms with Gasteiger partial charge < -0.3 is 15.8 Å². The van der Waals surface area contributed by atoms with E-state index in [1.807, 2.05) is 37.3 Å². The first-order chi connectivity index (χ1) is 9.52. The van der Waals surface area contributed by atoms with E-state index in [0.29, 0.717) is 6.61 Å². The highest BCUT2D eigenvalue weighted by Gasteiger charge is 2.33. The first kappa shape index (κ1) is 14.9. The molecule has 20 heavy (non-hydrogen) atoms. The Morgan fingerprint density at radius 2 is 2.15 bits per heavy atom. The molecule has 1 aliphatic heterocycles. The quantitative estimate of drug-likeness (QED) is 0.830. The second-order valence-corrected chi connectivity index (χ2v) is 5.92. The maximum atomic E-state index is 12.5. The maximum Gasteiger partial charge on any atom is 0.234 e. The van der Waals surface area contributed by atoms with Gasteiger partial charge in [0.15, 0.2) is 0 Å². The number of hydrogen-bond acceptors (Lipinski definition) is 3. The van der Waals surface area contributed by atoms with Crippen LogP contribution in [-0.2, 0) is 9.53 Å². The number of amides is 1. The molecular formula is C15H20N2O2S. The Bertz CT molecular complexity index is 484. The number of hydrogen-bond donors (Lipinski definition) is 2. The van der Waals surface area contributed by atoms with Gasteiger partial charge in [-0.15, -0.1) is 0 Å². The summed E-state index contributed by atoms with van der Waals surface area (Å²) in [5.41, 5.74) is 6.23. The summed E-state index contributed by atoms with van der Waals surface area (Å²) in [6.45, 7) is 3.27. The minimum atomic E-state index is -0.593. The van der Waals surface area contributed by atoms with Gasteiger partial charge in [0.2, 0.25) is 5.91 Å². The fourth-order valence-electron chi connectivity index (χ4n) is 2.49. The van der Waals surface area contributed by atoms with E-state index < -0.39 is 5.92 Å². The van der Waals surface area contributed by atoms with E-state index in [-0.39, 0.29) is 16.4 Å². The zero-order valence-electron chi connectivity index (χ0n) is 11.6. The number of carbonyl (C=O) groups is 1. The molecule has 0 aliphatic carbocycles. The SMILES string of the molecule is CC1(NC(=O)C(C(N)=S)c2ccccc2)CCCOC1. The van der Waals surface area contributed by atoms with Crippen LogP contribution in [0.5, 0.6) is 0 Å². The van der Waals surface area contributed by atoms with Gasteiger partial charge in [-0.3, -0.25) is 4.79 Å². The second-order valence-electron chi connectivity index (χ2n) is 5.45. The zero-order valence-corrected chi connectivity index (χ0v) is 12.4. The molecular weight excluding hydrogens is 272 g/mol. The molecule has 0 saturated carbocycles. The van der Waals surface area contributed by atoms with Crippen LogP contribution in [0.4, 0.5) is 0 Å². The van der Waals surface area contributed by atoms with Crippen molar-refractivity contribution in [2.45, 2.75) is 31.2 Å². The fourth-order valence-corrected chi connectivity index (χ4v) is 2.74. The lowest BCUT2D eigenvalue weighted by Crippen LogP contribution is -2.54. The summed E-state index contributed by atoms with van der Waals surface area (Å²) in [5.74, 6) is -0.748. The van der Waals surface area contributed by atoms with Gasteiger partial charge in [-0.1, -0.05) is 42.5 Å². The Morgan fingerprint density at radius 3 is 2.70 bits per heavy atom. The lowest BCUT2D eigenvalue weighted by molar-refractivity contribution is -0.124. The minimum Gasteiger partial charge on any atom is -0.392 e. The van der Waals surface area contributed by atoms with Crippen LogP contribution >= 0.6 is 12.2 Å². The van der Waals surface area contributed by atoms with Gasteiger partial charge in [0.1, 0.15) is 5.92 Å². The Labute approximate surface area is 124 Å². The van der Waals surface area contributed by atoms with Crippen molar-refractivity contribution in [1.82, 2.24) is 5.32 Å². The van der Waals surface area contributed by atoms with Crippen molar-refractivity contribution in [3.8, 4) is 0 Å². The van der Waals surface area contributed by atoms with Crippen LogP contribution in [0.2, 0.25) is 0 Å². The highest BCUT2D eigenvalue weighted by Crippen LogP contribution is 2.22. The topological polar surface area (TPSA) is 64.4 Å². The molecule has 1 amide bonds. The first-order valence-corrected chi connectivity index (χ1v) is 7.17. The number of thiocarbonyl (C=S) groups is 1. The number of ether oxygens (including phenoxy) is 1. The van der Waals surface area contributed by atoms with E-state index in [4.69, 9.17) is 22.7 Å². The van der Waals surface area contributed by atoms with Crippen LogP contribution in [0.25, 0.3) is 0 Å². The molecule has 3 N–H and O–H groups in total. The van der Waals surface area contributed by atoms with Crippen molar-refractivity contribution >= 4 is 23.1 Å². The molecule has 0 spiro atoms. The molecule has 1 aliphatic rings. The number of nitrogens with two attached hydrogens (primary N) is 1. The van der Waals surface area contributed by atoms with Gasteiger partial charge >= 0.3 is 0 Å². The number of rotatable bonds is 4. The predicted molar refractivity (Wildman–Crippen MR) is 82.6 cm³/mol. The molecule has 1 heterocycles. The third-order valence-electron chi connectivity index (χ3n) is 3.54. The van der Waals surface area contributed by atoms with Crippen LogP contribution in [0.1, 0.15) is 31.2 Å². The second kappa shape index (κ2) is 6.33. The summed E-state index contributed by atoms with van der Waals surface area (Å²) in [5, 5.41) is 3.04. The van der Waals surface area contributed by atoms with E-state index in [1.54, 1.807) is 0 Å². The zero-order chi connectivity index (χ0) is 14.6. The van der Waals surface area contributed by atoms with Crippen LogP contribution in [0, 0.1) is 0 Å². The van der Waals surface area contributed by atoms with Crippen LogP contribution in [0.15, 0.2) is 30.3 Å². The molecule has 2 unspecified atom stereocenters. The molecule has 1 aromatic rings. The average Bonchev–Trinajstić information content (AvgIpc) is 2.39. The summed E-state index contributed by atoms with van der Waals surface area (Å²) < 4.78 is 5.45. The molecule has 1 aromatic carbocycles. The van der Waals surface area contributed by atoms with E-state index in [0.717, 1.165) is 25.0 Å². The smallest absolute Gasteiger partial charge is 0.234 e. The van der Waals surface area contributed by atoms with Gasteiger partial charge in [0.25, 0.3) is 0 Å². The van der Waals surface area contributed by atoms with Crippen molar-refractivity contribution in [2.24, 2.45) is 5.73 Å². The number of carbonyl (C=O) groups excluding carboxylic acids is 1. The Kier molecular flexibility index (Phi) is 4.73. The standard InChI is InChI=1S/C15H20N2O2S/c1-15(8-5-9-19-10-15)17-14(18)12(13(16)20)11-6-3-2-4-7-11/h2-4,6-7,12H,5,8-10H2,1H3,(H2,16,20)(H,17,18). The van der Waals surface area contributed by atoms with E-state index in [2.05, 4.69) is 5.32 Å². The fraction of sp³-hybridized carbons (Fsp3) is 0.467. The highest BCUT2D eigenvalue weighted by molar-refractivity contribution is 7.80. The Balaban J connectivity index is 2.14. The largest absolute Gasteiger partial charge is 0.392 e. The van der Waals surface area contributed by atoms with E-state index >= 15 is 0 Å². The normalized spacial score (nSPS) is 23.9. The molecule has 4 nitrogen and oxygen atoms in total. The van der Waals surface area contributed by atoms with E-state index in [1.165, 1.54) is 0 Å². The molecule has 1 saturated heterocycles. The van der Waals surface area contributed by atoms with Crippen LogP contribution < -0.4 is 11.1 Å². The van der Waals surface area contributed by atoms with Gasteiger partial charge in [-0.05, 0) is 25.3 Å². The molecule has 0 radical (unpaired) electrons. The minimum absolute atomic E-state index is 0.156. The molecule has 2 rings (SSSR count). The summed E-state index contributed by atoms with van der Waals surface area (Å²) in [6.07, 6.45) is 1.84. The predicted octanol–water partition coefficient (Wildman–Crippen LogP) is 1.74. The van der Waals surface area contributed by atoms with Crippen molar-refractivity contribution < 1.29 is 9.53 Å². The van der Waals surface area contributed by atoms with Gasteiger partial charge in [-0.25, -0.2) is 0 Å². The molecule has 1 fully saturated rings. The summed E-state index contributed by atoms with van der Waals surface area (Å²) in [7, 11) is 0. The highest BCUT2D eigenvalue weighted by atomic mass is 32.1. The summed E-state index contributed by atoms with van der Waals surface area (Å²) in [6, 6.07) is 9.37. The molecule has 108 valence electrons. The summed E-state index contributed by atoms with van der Waals surface area (Å²) in [4.78, 5) is 12.7. The first-order valence-electron chi connectivity index (χ1n) is 6.76. The van der Waals surface area contributed by atoms with E-state index in [9.17, 15) is 4.79 Å². The Morgan fingerprint density at radius 1 is 1.45 bits per heavy atom. The van der Waals surface area contributed by atoms with Gasteiger partial charge in [0, 0.05) is 6.61 Å². The molecule has 5 heteroatoms. The number of benzene rings is 1. The third kappa shape index (κ3) is 3.55. The van der Waals surface area contributed by atoms with Gasteiger partial charge in [-0.2, -0.15) is 0 Å². The van der Waals surface area contributed by atoms with Gasteiger partial charge in [0.05, 0.1) is 17.1 Å². The van der Waals surface area contributed by atoms with Crippen molar-refractivity contribution in [1.29, 1.82) is 0 Å². The molecule has 0 aromatic heterocycles. The van der Waals surface area contributed by atoms with Crippen molar-refractivity contribution in [3.05, 3.63) is 35.9 Å². The lowest BCUT2D eigenvalue weighted by Gasteiger charge is -2.35. The van der Waals surface area contributed by atoms with Crippen LogP contribution in [-0.4, -0.2) is 29.6 Å². The lowest BCUT2D eigenvalue weighted by atomic mass is 9.92. The molecule has 0 bridgehead atoms. The maximum absolute atomic E-state index is 12.5. The molecule has 2 atom stereocenters. The van der Waals surface area contributed by atoms with Crippen LogP contribution in [0.3, 0.4) is 0 Å². The third-order valence-corrected chi connectivity index (χ3v) is 3.78. The summed E-state index contributed by atoms with van der Waals surface area (Å²) >= 11 is 5.06. The van der Waals surface area contributed by atoms with Crippen molar-refractivity contribution in [3.63, 3.8) is 0 Å². The Hall–Kier alpha value is -1.46.